The topological polar surface area (TPSA) is 120 Å². The zero-order chi connectivity index (χ0) is 15.1. The van der Waals surface area contributed by atoms with Crippen LogP contribution in [0.15, 0.2) is 16.8 Å². The molecule has 0 aliphatic carbocycles. The summed E-state index contributed by atoms with van der Waals surface area (Å²) in [5.41, 5.74) is 9.65. The number of nitrogens with one attached hydrogen (secondary N) is 2. The van der Waals surface area contributed by atoms with Crippen molar-refractivity contribution in [3.63, 3.8) is 0 Å². The van der Waals surface area contributed by atoms with Gasteiger partial charge in [0.15, 0.2) is 5.13 Å². The Kier molecular flexibility index (Phi) is 17.2. The fraction of sp³-hybridized carbons (Fsp3) is 0. The number of thiol groups is 1. The summed E-state index contributed by atoms with van der Waals surface area (Å²) in [4.78, 5) is 6.26. The Labute approximate surface area is 142 Å². The first-order chi connectivity index (χ1) is 8.97. The standard InChI is InChI=1S/C4H4N2S3.CH2N4S2.Mo.2O/c7-4(8)6-3-5-1-2-9-3;2-4-5-3-1(6)7;;;/h1-2H,(H2,5,6,7,8);(H2,3,6,7);;;/p-1. The molecule has 8 nitrogen and oxygen atoms in total. The third kappa shape index (κ3) is 20.1. The molecule has 0 aliphatic heterocycles. The Hall–Kier alpha value is -0.422. The summed E-state index contributed by atoms with van der Waals surface area (Å²) in [5, 5.41) is 8.30. The number of nitrogens with zero attached hydrogens (tertiary/aromatic N) is 4. The third-order valence-electron chi connectivity index (χ3n) is 0.832. The van der Waals surface area contributed by atoms with E-state index in [4.69, 9.17) is 12.3 Å². The maximum atomic E-state index is 8.50. The van der Waals surface area contributed by atoms with Crippen molar-refractivity contribution < 1.29 is 25.3 Å². The number of aromatic nitrogens is 1. The van der Waals surface area contributed by atoms with Gasteiger partial charge < -0.3 is 30.2 Å². The van der Waals surface area contributed by atoms with Crippen LogP contribution in [0.5, 0.6) is 0 Å². The van der Waals surface area contributed by atoms with E-state index in [1.165, 1.54) is 11.3 Å². The van der Waals surface area contributed by atoms with Crippen molar-refractivity contribution in [3.05, 3.63) is 22.0 Å². The van der Waals surface area contributed by atoms with E-state index >= 15 is 0 Å². The van der Waals surface area contributed by atoms with Crippen LogP contribution in [0.4, 0.5) is 5.13 Å². The fourth-order valence-corrected chi connectivity index (χ4v) is 1.40. The van der Waals surface area contributed by atoms with Gasteiger partial charge in [0.05, 0.1) is 0 Å². The van der Waals surface area contributed by atoms with Crippen molar-refractivity contribution in [3.8, 4) is 0 Å². The molecule has 0 aliphatic rings. The van der Waals surface area contributed by atoms with Crippen LogP contribution in [0.25, 0.3) is 10.4 Å². The van der Waals surface area contributed by atoms with Crippen LogP contribution in [0, 0.1) is 0 Å². The van der Waals surface area contributed by atoms with E-state index in [0.717, 1.165) is 5.13 Å². The average molecular weight is 437 g/mol. The molecule has 0 fully saturated rings. The molecular formula is C5H5MoN6O2S5-. The molecule has 1 aromatic rings. The molecule has 1 rings (SSSR count). The summed E-state index contributed by atoms with van der Waals surface area (Å²) < 4.78 is 17.5. The van der Waals surface area contributed by atoms with Gasteiger partial charge in [0.25, 0.3) is 0 Å². The van der Waals surface area contributed by atoms with Crippen LogP contribution in [-0.2, 0) is 37.9 Å². The molecule has 1 heterocycles. The van der Waals surface area contributed by atoms with Gasteiger partial charge in [-0.05, 0) is 5.22 Å². The van der Waals surface area contributed by atoms with Gasteiger partial charge in [-0.1, -0.05) is 12.2 Å². The van der Waals surface area contributed by atoms with Gasteiger partial charge in [0.1, 0.15) is 4.32 Å². The Morgan fingerprint density at radius 2 is 2.21 bits per heavy atom. The molecule has 0 atom stereocenters. The summed E-state index contributed by atoms with van der Waals surface area (Å²) in [5.74, 6) is 0. The summed E-state index contributed by atoms with van der Waals surface area (Å²) in [7, 11) is 0. The van der Waals surface area contributed by atoms with Gasteiger partial charge in [0, 0.05) is 15.9 Å². The van der Waals surface area contributed by atoms with E-state index in [2.05, 4.69) is 70.1 Å². The third-order valence-corrected chi connectivity index (χ3v) is 1.92. The molecule has 0 unspecified atom stereocenters. The molecule has 0 amide bonds. The molecule has 0 bridgehead atoms. The number of hydrogen-bond acceptors (Lipinski definition) is 8. The summed E-state index contributed by atoms with van der Waals surface area (Å²) in [6.07, 6.45) is 1.71. The average Bonchev–Trinajstić information content (AvgIpc) is 2.80. The molecule has 2 N–H and O–H groups in total. The second-order valence-corrected chi connectivity index (χ2v) is 5.39. The summed E-state index contributed by atoms with van der Waals surface area (Å²) in [6, 6.07) is 0. The van der Waals surface area contributed by atoms with Crippen molar-refractivity contribution in [2.45, 2.75) is 0 Å². The van der Waals surface area contributed by atoms with Crippen LogP contribution in [0.3, 0.4) is 0 Å². The van der Waals surface area contributed by atoms with Crippen LogP contribution in [0.1, 0.15) is 0 Å². The van der Waals surface area contributed by atoms with Gasteiger partial charge >= 0.3 is 25.3 Å². The fourth-order valence-electron chi connectivity index (χ4n) is 0.440. The quantitative estimate of drug-likeness (QED) is 0.0941. The monoisotopic (exact) mass is 439 g/mol. The zero-order valence-electron chi connectivity index (χ0n) is 8.75. The van der Waals surface area contributed by atoms with Gasteiger partial charge in [-0.3, -0.25) is 0 Å². The number of thiazole rings is 1. The van der Waals surface area contributed by atoms with Gasteiger partial charge in [-0.25, -0.2) is 10.4 Å². The SMILES string of the molecule is S=C(S)Nc1nccs1.[N-]=[N+]=NNC(=S)[S-].[O]=[Mo]=[O]. The minimum absolute atomic E-state index is 0.0535. The van der Waals surface area contributed by atoms with Crippen LogP contribution < -0.4 is 10.7 Å². The predicted octanol–water partition coefficient (Wildman–Crippen LogP) is 2.16. The van der Waals surface area contributed by atoms with E-state index in [9.17, 15) is 0 Å². The van der Waals surface area contributed by atoms with Gasteiger partial charge in [0.2, 0.25) is 0 Å². The van der Waals surface area contributed by atoms with Gasteiger partial charge in [-0.15, -0.1) is 29.5 Å². The minimum atomic E-state index is -2.03. The molecule has 1 aromatic heterocycles. The number of rotatable bonds is 2. The predicted molar refractivity (Wildman–Crippen MR) is 80.9 cm³/mol. The summed E-state index contributed by atoms with van der Waals surface area (Å²) in [6.45, 7) is 0. The molecule has 19 heavy (non-hydrogen) atoms. The van der Waals surface area contributed by atoms with Crippen molar-refractivity contribution in [2.75, 3.05) is 5.32 Å². The van der Waals surface area contributed by atoms with E-state index in [-0.39, 0.29) is 4.32 Å². The number of anilines is 1. The van der Waals surface area contributed by atoms with Gasteiger partial charge in [-0.2, -0.15) is 4.91 Å². The van der Waals surface area contributed by atoms with E-state index in [0.29, 0.717) is 4.32 Å². The van der Waals surface area contributed by atoms with Crippen LogP contribution >= 0.6 is 48.4 Å². The zero-order valence-corrected chi connectivity index (χ0v) is 14.9. The molecule has 0 saturated carbocycles. The van der Waals surface area contributed by atoms with Crippen LogP contribution in [0.2, 0.25) is 0 Å². The Balaban J connectivity index is 0. The van der Waals surface area contributed by atoms with E-state index < -0.39 is 18.5 Å². The van der Waals surface area contributed by atoms with Crippen molar-refractivity contribution >= 4 is 74.8 Å². The maximum absolute atomic E-state index is 8.50. The molecular weight excluding hydrogens is 432 g/mol. The second kappa shape index (κ2) is 15.6. The van der Waals surface area contributed by atoms with Crippen molar-refractivity contribution in [1.29, 1.82) is 0 Å². The van der Waals surface area contributed by atoms with Crippen molar-refractivity contribution in [1.82, 2.24) is 10.4 Å². The number of thiocarbonyl (C=S) groups is 2. The molecule has 14 heteroatoms. The Morgan fingerprint density at radius 3 is 2.47 bits per heavy atom. The first-order valence-corrected chi connectivity index (χ1v) is 7.99. The molecule has 0 aromatic carbocycles. The summed E-state index contributed by atoms with van der Waals surface area (Å²) >= 11 is 16.6. The normalized spacial score (nSPS) is 7.21. The second-order valence-electron chi connectivity index (χ2n) is 1.92. The Bertz CT molecular complexity index is 468. The molecule has 0 radical (unpaired) electrons. The van der Waals surface area contributed by atoms with Crippen molar-refractivity contribution in [2.24, 2.45) is 5.22 Å². The molecule has 104 valence electrons. The van der Waals surface area contributed by atoms with E-state index in [1.54, 1.807) is 6.20 Å². The first kappa shape index (κ1) is 20.9. The Morgan fingerprint density at radius 1 is 1.63 bits per heavy atom. The van der Waals surface area contributed by atoms with E-state index in [1.807, 2.05) is 10.8 Å². The number of hydrogen-bond donors (Lipinski definition) is 3. The molecule has 0 saturated heterocycles. The van der Waals surface area contributed by atoms with Crippen LogP contribution in [-0.4, -0.2) is 13.6 Å². The first-order valence-electron chi connectivity index (χ1n) is 3.80. The molecule has 0 spiro atoms. The number of azide groups is 1.